The molecule has 36 heavy (non-hydrogen) atoms. The van der Waals surface area contributed by atoms with Crippen LogP contribution in [0.1, 0.15) is 11.1 Å². The van der Waals surface area contributed by atoms with E-state index in [4.69, 9.17) is 14.2 Å². The highest BCUT2D eigenvalue weighted by Crippen LogP contribution is 2.33. The first kappa shape index (κ1) is 25.8. The predicted molar refractivity (Wildman–Crippen MR) is 146 cm³/mol. The molecule has 0 aliphatic carbocycles. The highest BCUT2D eigenvalue weighted by molar-refractivity contribution is 8.03. The van der Waals surface area contributed by atoms with Gasteiger partial charge in [-0.3, -0.25) is 4.79 Å². The molecule has 3 aromatic carbocycles. The molecule has 11 heteroatoms. The van der Waals surface area contributed by atoms with Gasteiger partial charge in [0.05, 0.1) is 38.9 Å². The predicted octanol–water partition coefficient (Wildman–Crippen LogP) is 5.25. The van der Waals surface area contributed by atoms with Gasteiger partial charge in [0.1, 0.15) is 17.2 Å². The van der Waals surface area contributed by atoms with Gasteiger partial charge in [0, 0.05) is 17.9 Å². The number of carbonyl (C=O) groups is 1. The smallest absolute Gasteiger partial charge is 0.250 e. The van der Waals surface area contributed by atoms with Crippen LogP contribution in [-0.4, -0.2) is 49.4 Å². The average Bonchev–Trinajstić information content (AvgIpc) is 3.38. The number of thioether (sulfide) groups is 2. The summed E-state index contributed by atoms with van der Waals surface area (Å²) in [6.45, 7) is 0. The number of ether oxygens (including phenoxy) is 3. The number of fused-ring (bicyclic) bond motifs is 1. The number of nitrogens with zero attached hydrogens (tertiary/aromatic N) is 3. The fourth-order valence-corrected chi connectivity index (χ4v) is 6.18. The Hall–Kier alpha value is -3.28. The van der Waals surface area contributed by atoms with E-state index in [0.29, 0.717) is 22.8 Å². The van der Waals surface area contributed by atoms with Gasteiger partial charge in [-0.2, -0.15) is 5.10 Å². The second-order valence-electron chi connectivity index (χ2n) is 7.29. The van der Waals surface area contributed by atoms with Gasteiger partial charge >= 0.3 is 0 Å². The first-order chi connectivity index (χ1) is 17.6. The zero-order valence-electron chi connectivity index (χ0n) is 19.9. The van der Waals surface area contributed by atoms with Crippen molar-refractivity contribution in [1.82, 2.24) is 15.6 Å². The second kappa shape index (κ2) is 12.6. The highest BCUT2D eigenvalue weighted by Gasteiger charge is 2.12. The maximum Gasteiger partial charge on any atom is 0.250 e. The third-order valence-corrected chi connectivity index (χ3v) is 8.32. The fraction of sp³-hybridized carbons (Fsp3) is 0.200. The van der Waals surface area contributed by atoms with E-state index < -0.39 is 0 Å². The molecule has 4 rings (SSSR count). The zero-order valence-corrected chi connectivity index (χ0v) is 22.3. The lowest BCUT2D eigenvalue weighted by Crippen LogP contribution is -2.19. The van der Waals surface area contributed by atoms with Crippen molar-refractivity contribution in [3.8, 4) is 17.2 Å². The summed E-state index contributed by atoms with van der Waals surface area (Å²) in [4.78, 5) is 12.3. The summed E-state index contributed by atoms with van der Waals surface area (Å²) >= 11 is 4.43. The van der Waals surface area contributed by atoms with E-state index in [9.17, 15) is 4.79 Å². The molecule has 1 aromatic heterocycles. The summed E-state index contributed by atoms with van der Waals surface area (Å²) < 4.78 is 17.6. The Kier molecular flexibility index (Phi) is 9.04. The quantitative estimate of drug-likeness (QED) is 0.157. The van der Waals surface area contributed by atoms with E-state index >= 15 is 0 Å². The molecule has 0 aliphatic heterocycles. The fourth-order valence-electron chi connectivity index (χ4n) is 3.36. The summed E-state index contributed by atoms with van der Waals surface area (Å²) in [7, 11) is 4.64. The van der Waals surface area contributed by atoms with Gasteiger partial charge in [-0.15, -0.1) is 10.2 Å². The largest absolute Gasteiger partial charge is 0.496 e. The van der Waals surface area contributed by atoms with Crippen LogP contribution < -0.4 is 19.6 Å². The number of nitrogens with one attached hydrogen (secondary N) is 1. The lowest BCUT2D eigenvalue weighted by atomic mass is 10.1. The lowest BCUT2D eigenvalue weighted by molar-refractivity contribution is -0.118. The number of hydrogen-bond acceptors (Lipinski definition) is 10. The van der Waals surface area contributed by atoms with Crippen molar-refractivity contribution >= 4 is 57.8 Å². The van der Waals surface area contributed by atoms with Crippen LogP contribution >= 0.6 is 34.9 Å². The molecule has 0 bridgehead atoms. The van der Waals surface area contributed by atoms with Crippen LogP contribution in [0.2, 0.25) is 0 Å². The third-order valence-electron chi connectivity index (χ3n) is 5.08. The van der Waals surface area contributed by atoms with Crippen LogP contribution in [0.15, 0.2) is 68.4 Å². The summed E-state index contributed by atoms with van der Waals surface area (Å²) in [5, 5.41) is 15.0. The Morgan fingerprint density at radius 1 is 0.972 bits per heavy atom. The molecular formula is C25H24N4O4S3. The zero-order chi connectivity index (χ0) is 25.3. The molecule has 0 saturated heterocycles. The molecule has 0 aliphatic rings. The Labute approximate surface area is 221 Å². The number of methoxy groups -OCH3 is 3. The molecule has 0 fully saturated rings. The van der Waals surface area contributed by atoms with E-state index in [0.717, 1.165) is 14.4 Å². The van der Waals surface area contributed by atoms with Gasteiger partial charge in [0.25, 0.3) is 5.91 Å². The molecule has 8 nitrogen and oxygen atoms in total. The number of carbonyl (C=O) groups excluding carboxylic acids is 1. The van der Waals surface area contributed by atoms with E-state index in [1.54, 1.807) is 31.0 Å². The Morgan fingerprint density at radius 3 is 2.39 bits per heavy atom. The van der Waals surface area contributed by atoms with Crippen molar-refractivity contribution in [2.45, 2.75) is 14.4 Å². The molecule has 0 atom stereocenters. The molecule has 4 aromatic rings. The number of benzene rings is 3. The van der Waals surface area contributed by atoms with Crippen molar-refractivity contribution < 1.29 is 19.0 Å². The van der Waals surface area contributed by atoms with Crippen molar-refractivity contribution in [3.05, 3.63) is 65.7 Å². The highest BCUT2D eigenvalue weighted by atomic mass is 32.2. The Bertz CT molecular complexity index is 1350. The van der Waals surface area contributed by atoms with Crippen LogP contribution in [0.3, 0.4) is 0 Å². The standard InChI is InChI=1S/C25H24N4O4S3/c1-31-18-11-21(32-2)20(22(12-18)33-3)13-26-27-23(30)15-35-25-29-28-24(36-25)34-14-17-9-6-8-16-7-4-5-10-19(16)17/h4-13H,14-15H2,1-3H3,(H,27,30)/b26-13+. The van der Waals surface area contributed by atoms with Crippen molar-refractivity contribution in [1.29, 1.82) is 0 Å². The lowest BCUT2D eigenvalue weighted by Gasteiger charge is -2.12. The minimum atomic E-state index is -0.261. The first-order valence-electron chi connectivity index (χ1n) is 10.8. The molecule has 1 amide bonds. The summed E-state index contributed by atoms with van der Waals surface area (Å²) in [5.41, 5.74) is 4.36. The van der Waals surface area contributed by atoms with Gasteiger partial charge in [-0.1, -0.05) is 77.3 Å². The van der Waals surface area contributed by atoms with Crippen LogP contribution in [-0.2, 0) is 10.5 Å². The van der Waals surface area contributed by atoms with Gasteiger partial charge in [-0.25, -0.2) is 5.43 Å². The van der Waals surface area contributed by atoms with Gasteiger partial charge < -0.3 is 14.2 Å². The van der Waals surface area contributed by atoms with Crippen molar-refractivity contribution in [2.24, 2.45) is 5.10 Å². The minimum absolute atomic E-state index is 0.164. The third kappa shape index (κ3) is 6.48. The molecule has 1 N–H and O–H groups in total. The number of aromatic nitrogens is 2. The molecule has 0 spiro atoms. The Balaban J connectivity index is 1.29. The number of amides is 1. The average molecular weight is 541 g/mol. The monoisotopic (exact) mass is 540 g/mol. The SMILES string of the molecule is COc1cc(OC)c(/C=N/NC(=O)CSc2nnc(SCc3cccc4ccccc34)s2)c(OC)c1. The number of rotatable bonds is 11. The molecule has 186 valence electrons. The first-order valence-corrected chi connectivity index (χ1v) is 13.6. The Morgan fingerprint density at radius 2 is 1.67 bits per heavy atom. The molecule has 0 unspecified atom stereocenters. The van der Waals surface area contributed by atoms with Crippen molar-refractivity contribution in [2.75, 3.05) is 27.1 Å². The van der Waals surface area contributed by atoms with Gasteiger partial charge in [0.2, 0.25) is 0 Å². The van der Waals surface area contributed by atoms with Crippen LogP contribution in [0.5, 0.6) is 17.2 Å². The maximum absolute atomic E-state index is 12.3. The molecule has 1 heterocycles. The minimum Gasteiger partial charge on any atom is -0.496 e. The van der Waals surface area contributed by atoms with Crippen molar-refractivity contribution in [3.63, 3.8) is 0 Å². The van der Waals surface area contributed by atoms with Gasteiger partial charge in [-0.05, 0) is 16.3 Å². The van der Waals surface area contributed by atoms with E-state index in [1.165, 1.54) is 59.9 Å². The summed E-state index contributed by atoms with van der Waals surface area (Å²) in [6.07, 6.45) is 1.48. The normalized spacial score (nSPS) is 11.1. The van der Waals surface area contributed by atoms with E-state index in [2.05, 4.69) is 57.1 Å². The molecule has 0 saturated carbocycles. The molecular weight excluding hydrogens is 517 g/mol. The maximum atomic E-state index is 12.3. The van der Waals surface area contributed by atoms with Crippen LogP contribution in [0, 0.1) is 0 Å². The number of hydrogen-bond donors (Lipinski definition) is 1. The van der Waals surface area contributed by atoms with E-state index in [-0.39, 0.29) is 11.7 Å². The summed E-state index contributed by atoms with van der Waals surface area (Å²) in [5.74, 6) is 2.32. The molecule has 0 radical (unpaired) electrons. The van der Waals surface area contributed by atoms with Crippen LogP contribution in [0.4, 0.5) is 0 Å². The topological polar surface area (TPSA) is 94.9 Å². The second-order valence-corrected chi connectivity index (χ2v) is 10.7. The number of hydrazone groups is 1. The van der Waals surface area contributed by atoms with E-state index in [1.807, 2.05) is 6.07 Å². The van der Waals surface area contributed by atoms with Gasteiger partial charge in [0.15, 0.2) is 8.68 Å². The van der Waals surface area contributed by atoms with Crippen LogP contribution in [0.25, 0.3) is 10.8 Å². The summed E-state index contributed by atoms with van der Waals surface area (Å²) in [6, 6.07) is 18.1.